The molecule has 1 aromatic heterocycles. The number of nitrogens with zero attached hydrogens (tertiary/aromatic N) is 4. The molecule has 0 bridgehead atoms. The van der Waals surface area contributed by atoms with E-state index in [9.17, 15) is 13.2 Å². The van der Waals surface area contributed by atoms with Crippen LogP contribution in [0.5, 0.6) is 0 Å². The van der Waals surface area contributed by atoms with Crippen LogP contribution in [0.2, 0.25) is 5.02 Å². The van der Waals surface area contributed by atoms with Crippen LogP contribution in [0.15, 0.2) is 27.9 Å². The molecule has 0 atom stereocenters. The minimum atomic E-state index is -3.59. The summed E-state index contributed by atoms with van der Waals surface area (Å²) in [6, 6.07) is 5.18. The van der Waals surface area contributed by atoms with Gasteiger partial charge in [-0.05, 0) is 50.3 Å². The molecular formula is C20H27ClN4O3S. The van der Waals surface area contributed by atoms with Crippen molar-refractivity contribution in [2.24, 2.45) is 7.05 Å². The molecule has 0 spiro atoms. The molecule has 0 amide bonds. The van der Waals surface area contributed by atoms with Gasteiger partial charge >= 0.3 is 5.69 Å². The van der Waals surface area contributed by atoms with Gasteiger partial charge in [0.25, 0.3) is 0 Å². The zero-order chi connectivity index (χ0) is 20.8. The standard InChI is InChI=1S/C20H27ClN4O3S/c1-14-7-8-16(21)13-18(14)29(27,28)24-11-9-15(10-12-24)19-22-23(2)20(26)25(19)17-5-3-4-6-17/h7-8,13,15,17H,3-6,9-12H2,1-2H3. The van der Waals surface area contributed by atoms with Crippen LogP contribution >= 0.6 is 11.6 Å². The van der Waals surface area contributed by atoms with Gasteiger partial charge in [0.05, 0.1) is 4.90 Å². The molecule has 1 aliphatic carbocycles. The highest BCUT2D eigenvalue weighted by molar-refractivity contribution is 7.89. The summed E-state index contributed by atoms with van der Waals surface area (Å²) in [6.07, 6.45) is 5.62. The third-order valence-electron chi connectivity index (χ3n) is 6.26. The second-order valence-electron chi connectivity index (χ2n) is 8.16. The summed E-state index contributed by atoms with van der Waals surface area (Å²) < 4.78 is 31.1. The molecule has 0 unspecified atom stereocenters. The minimum Gasteiger partial charge on any atom is -0.276 e. The molecule has 1 saturated carbocycles. The molecule has 1 aromatic carbocycles. The summed E-state index contributed by atoms with van der Waals surface area (Å²) in [5.74, 6) is 0.914. The monoisotopic (exact) mass is 438 g/mol. The van der Waals surface area contributed by atoms with E-state index >= 15 is 0 Å². The van der Waals surface area contributed by atoms with Crippen molar-refractivity contribution in [1.29, 1.82) is 0 Å². The fourth-order valence-corrected chi connectivity index (χ4v) is 6.59. The second-order valence-corrected chi connectivity index (χ2v) is 10.5. The maximum Gasteiger partial charge on any atom is 0.345 e. The minimum absolute atomic E-state index is 0.0588. The van der Waals surface area contributed by atoms with Crippen molar-refractivity contribution in [3.8, 4) is 0 Å². The van der Waals surface area contributed by atoms with Crippen LogP contribution < -0.4 is 5.69 Å². The van der Waals surface area contributed by atoms with E-state index in [1.54, 1.807) is 26.1 Å². The highest BCUT2D eigenvalue weighted by Crippen LogP contribution is 2.35. The summed E-state index contributed by atoms with van der Waals surface area (Å²) in [4.78, 5) is 12.9. The van der Waals surface area contributed by atoms with Crippen LogP contribution in [0.1, 0.15) is 61.9 Å². The number of benzene rings is 1. The molecule has 0 N–H and O–H groups in total. The lowest BCUT2D eigenvalue weighted by atomic mass is 9.97. The normalized spacial score (nSPS) is 19.8. The number of hydrogen-bond acceptors (Lipinski definition) is 4. The van der Waals surface area contributed by atoms with Crippen molar-refractivity contribution in [2.75, 3.05) is 13.1 Å². The number of piperidine rings is 1. The van der Waals surface area contributed by atoms with Gasteiger partial charge < -0.3 is 0 Å². The first-order valence-electron chi connectivity index (χ1n) is 10.2. The van der Waals surface area contributed by atoms with Crippen LogP contribution in [0.25, 0.3) is 0 Å². The van der Waals surface area contributed by atoms with Crippen LogP contribution in [0.4, 0.5) is 0 Å². The summed E-state index contributed by atoms with van der Waals surface area (Å²) in [5.41, 5.74) is 0.632. The Hall–Kier alpha value is -1.64. The molecule has 158 valence electrons. The lowest BCUT2D eigenvalue weighted by Gasteiger charge is -2.31. The van der Waals surface area contributed by atoms with Gasteiger partial charge in [0, 0.05) is 37.1 Å². The summed E-state index contributed by atoms with van der Waals surface area (Å²) in [7, 11) is -1.90. The van der Waals surface area contributed by atoms with Gasteiger partial charge in [-0.25, -0.2) is 17.9 Å². The molecule has 2 heterocycles. The van der Waals surface area contributed by atoms with E-state index in [1.165, 1.54) is 15.1 Å². The lowest BCUT2D eigenvalue weighted by molar-refractivity contribution is 0.304. The maximum atomic E-state index is 13.1. The van der Waals surface area contributed by atoms with Crippen molar-refractivity contribution in [1.82, 2.24) is 18.7 Å². The lowest BCUT2D eigenvalue weighted by Crippen LogP contribution is -2.39. The molecular weight excluding hydrogens is 412 g/mol. The average Bonchev–Trinajstić information content (AvgIpc) is 3.32. The van der Waals surface area contributed by atoms with E-state index in [1.807, 2.05) is 4.57 Å². The fraction of sp³-hybridized carbons (Fsp3) is 0.600. The summed E-state index contributed by atoms with van der Waals surface area (Å²) >= 11 is 6.04. The van der Waals surface area contributed by atoms with E-state index < -0.39 is 10.0 Å². The molecule has 7 nitrogen and oxygen atoms in total. The van der Waals surface area contributed by atoms with E-state index in [2.05, 4.69) is 5.10 Å². The predicted octanol–water partition coefficient (Wildman–Crippen LogP) is 3.23. The first-order valence-corrected chi connectivity index (χ1v) is 12.0. The molecule has 4 rings (SSSR count). The van der Waals surface area contributed by atoms with Gasteiger partial charge in [-0.1, -0.05) is 30.5 Å². The summed E-state index contributed by atoms with van der Waals surface area (Å²) in [5, 5.41) is 4.95. The van der Waals surface area contributed by atoms with E-state index in [-0.39, 0.29) is 22.5 Å². The average molecular weight is 439 g/mol. The molecule has 0 radical (unpaired) electrons. The Bertz CT molecular complexity index is 1060. The molecule has 2 fully saturated rings. The Morgan fingerprint density at radius 3 is 2.41 bits per heavy atom. The number of aryl methyl sites for hydroxylation is 2. The van der Waals surface area contributed by atoms with Crippen LogP contribution in [0, 0.1) is 6.92 Å². The fourth-order valence-electron chi connectivity index (χ4n) is 4.63. The van der Waals surface area contributed by atoms with Gasteiger partial charge in [0.2, 0.25) is 10.0 Å². The topological polar surface area (TPSA) is 77.2 Å². The largest absolute Gasteiger partial charge is 0.345 e. The van der Waals surface area contributed by atoms with E-state index in [0.29, 0.717) is 36.5 Å². The van der Waals surface area contributed by atoms with Crippen molar-refractivity contribution >= 4 is 21.6 Å². The zero-order valence-corrected chi connectivity index (χ0v) is 18.4. The maximum absolute atomic E-state index is 13.1. The number of halogens is 1. The third kappa shape index (κ3) is 3.78. The Balaban J connectivity index is 1.55. The van der Waals surface area contributed by atoms with Crippen molar-refractivity contribution in [3.63, 3.8) is 0 Å². The molecule has 2 aromatic rings. The Kier molecular flexibility index (Phi) is 5.61. The SMILES string of the molecule is Cc1ccc(Cl)cc1S(=O)(=O)N1CCC(c2nn(C)c(=O)n2C2CCCC2)CC1. The first-order chi connectivity index (χ1) is 13.8. The molecule has 1 aliphatic heterocycles. The van der Waals surface area contributed by atoms with E-state index in [4.69, 9.17) is 11.6 Å². The number of hydrogen-bond donors (Lipinski definition) is 0. The molecule has 29 heavy (non-hydrogen) atoms. The van der Waals surface area contributed by atoms with Crippen LogP contribution in [-0.2, 0) is 17.1 Å². The summed E-state index contributed by atoms with van der Waals surface area (Å²) in [6.45, 7) is 2.60. The number of aromatic nitrogens is 3. The molecule has 2 aliphatic rings. The van der Waals surface area contributed by atoms with E-state index in [0.717, 1.165) is 31.5 Å². The van der Waals surface area contributed by atoms with Crippen molar-refractivity contribution in [2.45, 2.75) is 62.3 Å². The quantitative estimate of drug-likeness (QED) is 0.734. The van der Waals surface area contributed by atoms with Gasteiger partial charge in [-0.2, -0.15) is 9.40 Å². The molecule has 9 heteroatoms. The van der Waals surface area contributed by atoms with Crippen LogP contribution in [0.3, 0.4) is 0 Å². The third-order valence-corrected chi connectivity index (χ3v) is 8.53. The number of rotatable bonds is 4. The smallest absolute Gasteiger partial charge is 0.276 e. The van der Waals surface area contributed by atoms with Gasteiger partial charge in [-0.15, -0.1) is 0 Å². The first kappa shape index (κ1) is 20.6. The van der Waals surface area contributed by atoms with Gasteiger partial charge in [-0.3, -0.25) is 4.57 Å². The highest BCUT2D eigenvalue weighted by Gasteiger charge is 2.34. The van der Waals surface area contributed by atoms with Crippen molar-refractivity contribution in [3.05, 3.63) is 45.1 Å². The Morgan fingerprint density at radius 2 is 1.76 bits per heavy atom. The highest BCUT2D eigenvalue weighted by atomic mass is 35.5. The molecule has 1 saturated heterocycles. The predicted molar refractivity (Wildman–Crippen MR) is 112 cm³/mol. The van der Waals surface area contributed by atoms with Crippen LogP contribution in [-0.4, -0.2) is 40.2 Å². The Morgan fingerprint density at radius 1 is 1.10 bits per heavy atom. The van der Waals surface area contributed by atoms with Gasteiger partial charge in [0.1, 0.15) is 5.82 Å². The Labute approximate surface area is 176 Å². The second kappa shape index (κ2) is 7.89. The number of sulfonamides is 1. The zero-order valence-electron chi connectivity index (χ0n) is 16.8. The van der Waals surface area contributed by atoms with Crippen molar-refractivity contribution < 1.29 is 8.42 Å². The van der Waals surface area contributed by atoms with Gasteiger partial charge in [0.15, 0.2) is 0 Å².